The third-order valence-electron chi connectivity index (χ3n) is 8.86. The molecule has 7 heteroatoms. The number of carbonyl (C=O) groups is 2. The molecule has 1 N–H and O–H groups in total. The smallest absolute Gasteiger partial charge is 0.336 e. The summed E-state index contributed by atoms with van der Waals surface area (Å²) in [5, 5.41) is 3.46. The normalized spacial score (nSPS) is 17.5. The zero-order valence-electron chi connectivity index (χ0n) is 27.0. The molecule has 1 aliphatic heterocycles. The Kier molecular flexibility index (Phi) is 9.72. The highest BCUT2D eigenvalue weighted by Gasteiger charge is 2.42. The average Bonchev–Trinajstić information content (AvgIpc) is 3.10. The number of hydrogen-bond donors (Lipinski definition) is 1. The molecule has 0 aromatic heterocycles. The van der Waals surface area contributed by atoms with Gasteiger partial charge in [0.1, 0.15) is 12.4 Å². The van der Waals surface area contributed by atoms with Gasteiger partial charge in [0.25, 0.3) is 0 Å². The van der Waals surface area contributed by atoms with Crippen LogP contribution >= 0.6 is 0 Å². The second-order valence-electron chi connectivity index (χ2n) is 11.8. The highest BCUT2D eigenvalue weighted by molar-refractivity contribution is 6.04. The maximum atomic E-state index is 14.3. The van der Waals surface area contributed by atoms with Gasteiger partial charge < -0.3 is 24.3 Å². The van der Waals surface area contributed by atoms with E-state index in [1.54, 1.807) is 14.2 Å². The maximum Gasteiger partial charge on any atom is 0.336 e. The van der Waals surface area contributed by atoms with Crippen molar-refractivity contribution in [1.29, 1.82) is 0 Å². The predicted molar refractivity (Wildman–Crippen MR) is 180 cm³/mol. The van der Waals surface area contributed by atoms with Crippen LogP contribution < -0.4 is 19.5 Å². The number of rotatable bonds is 11. The zero-order valence-corrected chi connectivity index (χ0v) is 27.0. The van der Waals surface area contributed by atoms with Crippen molar-refractivity contribution in [2.45, 2.75) is 44.6 Å². The van der Waals surface area contributed by atoms with Gasteiger partial charge in [0.05, 0.1) is 32.3 Å². The van der Waals surface area contributed by atoms with Gasteiger partial charge in [-0.1, -0.05) is 84.9 Å². The molecule has 0 amide bonds. The van der Waals surface area contributed by atoms with Crippen LogP contribution in [0.3, 0.4) is 0 Å². The van der Waals surface area contributed by atoms with E-state index in [0.717, 1.165) is 28.0 Å². The second kappa shape index (κ2) is 14.4. The van der Waals surface area contributed by atoms with E-state index in [0.29, 0.717) is 53.5 Å². The molecule has 0 saturated heterocycles. The summed E-state index contributed by atoms with van der Waals surface area (Å²) in [6.45, 7) is 2.45. The van der Waals surface area contributed by atoms with Crippen LogP contribution in [0.2, 0.25) is 0 Å². The Labute approximate surface area is 275 Å². The van der Waals surface area contributed by atoms with Gasteiger partial charge in [-0.3, -0.25) is 4.79 Å². The van der Waals surface area contributed by atoms with Crippen LogP contribution in [0.5, 0.6) is 17.2 Å². The number of esters is 1. The lowest BCUT2D eigenvalue weighted by atomic mass is 9.71. The van der Waals surface area contributed by atoms with Crippen molar-refractivity contribution in [1.82, 2.24) is 5.32 Å². The third-order valence-corrected chi connectivity index (χ3v) is 8.86. The predicted octanol–water partition coefficient (Wildman–Crippen LogP) is 7.43. The summed E-state index contributed by atoms with van der Waals surface area (Å²) in [5.41, 5.74) is 6.32. The molecule has 2 atom stereocenters. The van der Waals surface area contributed by atoms with E-state index in [1.807, 2.05) is 110 Å². The molecule has 1 aliphatic carbocycles. The molecule has 4 aromatic carbocycles. The molecular weight excluding hydrogens is 590 g/mol. The van der Waals surface area contributed by atoms with Gasteiger partial charge in [-0.2, -0.15) is 0 Å². The van der Waals surface area contributed by atoms with E-state index >= 15 is 0 Å². The molecule has 4 aromatic rings. The number of dihydropyridines is 1. The highest BCUT2D eigenvalue weighted by Crippen LogP contribution is 2.48. The Balaban J connectivity index is 1.35. The molecule has 0 radical (unpaired) electrons. The van der Waals surface area contributed by atoms with E-state index in [-0.39, 0.29) is 24.7 Å². The fourth-order valence-corrected chi connectivity index (χ4v) is 6.53. The van der Waals surface area contributed by atoms with Crippen molar-refractivity contribution < 1.29 is 28.5 Å². The van der Waals surface area contributed by atoms with Gasteiger partial charge >= 0.3 is 5.97 Å². The molecule has 1 heterocycles. The topological polar surface area (TPSA) is 83.1 Å². The van der Waals surface area contributed by atoms with Crippen LogP contribution in [-0.4, -0.2) is 32.6 Å². The second-order valence-corrected chi connectivity index (χ2v) is 11.8. The number of ketones is 1. The van der Waals surface area contributed by atoms with Crippen molar-refractivity contribution in [2.24, 2.45) is 0 Å². The first-order chi connectivity index (χ1) is 23.0. The minimum atomic E-state index is -0.652. The summed E-state index contributed by atoms with van der Waals surface area (Å²) in [5.74, 6) is 0.668. The van der Waals surface area contributed by atoms with E-state index < -0.39 is 11.9 Å². The summed E-state index contributed by atoms with van der Waals surface area (Å²) in [7, 11) is 3.21. The number of hydrogen-bond acceptors (Lipinski definition) is 7. The summed E-state index contributed by atoms with van der Waals surface area (Å²) in [6, 6.07) is 33.3. The molecule has 2 unspecified atom stereocenters. The van der Waals surface area contributed by atoms with E-state index in [2.05, 4.69) is 5.32 Å². The van der Waals surface area contributed by atoms with Crippen molar-refractivity contribution >= 4 is 11.8 Å². The number of carbonyl (C=O) groups excluding carboxylic acids is 2. The highest BCUT2D eigenvalue weighted by atomic mass is 16.5. The molecule has 2 aliphatic rings. The van der Waals surface area contributed by atoms with Crippen molar-refractivity contribution in [2.75, 3.05) is 20.8 Å². The molecule has 47 heavy (non-hydrogen) atoms. The average molecular weight is 630 g/mol. The van der Waals surface area contributed by atoms with Crippen molar-refractivity contribution in [3.8, 4) is 17.2 Å². The molecule has 7 nitrogen and oxygen atoms in total. The van der Waals surface area contributed by atoms with Gasteiger partial charge in [-0.05, 0) is 54.2 Å². The van der Waals surface area contributed by atoms with Crippen LogP contribution in [0.1, 0.15) is 53.9 Å². The number of benzene rings is 4. The van der Waals surface area contributed by atoms with Gasteiger partial charge in [-0.25, -0.2) is 4.79 Å². The largest absolute Gasteiger partial charge is 0.493 e. The van der Waals surface area contributed by atoms with E-state index in [1.165, 1.54) is 0 Å². The van der Waals surface area contributed by atoms with Gasteiger partial charge in [-0.15, -0.1) is 0 Å². The summed E-state index contributed by atoms with van der Waals surface area (Å²) >= 11 is 0. The number of methoxy groups -OCH3 is 2. The molecule has 0 spiro atoms. The number of nitrogens with one attached hydrogen (secondary N) is 1. The Morgan fingerprint density at radius 1 is 0.787 bits per heavy atom. The Morgan fingerprint density at radius 3 is 2.19 bits per heavy atom. The fraction of sp³-hybridized carbons (Fsp3) is 0.250. The standard InChI is InChI=1S/C40H39NO6/c1-26-37(40(43)46-21-20-27-12-6-4-7-13-27)38(31-16-10-11-17-34(31)47-25-28-14-8-5-9-15-28)39-32(41-26)22-30(23-33(39)42)29-18-19-35(44-2)36(24-29)45-3/h4-19,24,30,38,41H,20-23,25H2,1-3H3. The maximum absolute atomic E-state index is 14.3. The third kappa shape index (κ3) is 6.94. The quantitative estimate of drug-likeness (QED) is 0.173. The zero-order chi connectivity index (χ0) is 32.8. The molecule has 0 saturated carbocycles. The Bertz CT molecular complexity index is 1810. The van der Waals surface area contributed by atoms with Gasteiger partial charge in [0.2, 0.25) is 0 Å². The van der Waals surface area contributed by atoms with Gasteiger partial charge in [0.15, 0.2) is 17.3 Å². The monoisotopic (exact) mass is 629 g/mol. The van der Waals surface area contributed by atoms with Crippen LogP contribution in [0.4, 0.5) is 0 Å². The number of allylic oxidation sites excluding steroid dienone is 3. The summed E-state index contributed by atoms with van der Waals surface area (Å²) in [4.78, 5) is 28.2. The Hall–Kier alpha value is -5.30. The minimum Gasteiger partial charge on any atom is -0.493 e. The number of Topliss-reactive ketones (excluding diaryl/α,β-unsaturated/α-hetero) is 1. The summed E-state index contributed by atoms with van der Waals surface area (Å²) < 4.78 is 23.3. The van der Waals surface area contributed by atoms with E-state index in [9.17, 15) is 9.59 Å². The number of para-hydroxylation sites is 1. The molecule has 240 valence electrons. The van der Waals surface area contributed by atoms with Crippen LogP contribution in [-0.2, 0) is 27.4 Å². The van der Waals surface area contributed by atoms with Crippen LogP contribution in [0.25, 0.3) is 0 Å². The molecule has 0 fully saturated rings. The van der Waals surface area contributed by atoms with Crippen molar-refractivity contribution in [3.63, 3.8) is 0 Å². The first kappa shape index (κ1) is 31.7. The fourth-order valence-electron chi connectivity index (χ4n) is 6.53. The van der Waals surface area contributed by atoms with Crippen molar-refractivity contribution in [3.05, 3.63) is 148 Å². The lowest BCUT2D eigenvalue weighted by Gasteiger charge is -2.37. The molecule has 0 bridgehead atoms. The van der Waals surface area contributed by atoms with Gasteiger partial charge in [0, 0.05) is 35.4 Å². The lowest BCUT2D eigenvalue weighted by Crippen LogP contribution is -2.36. The lowest BCUT2D eigenvalue weighted by molar-refractivity contribution is -0.139. The Morgan fingerprint density at radius 2 is 1.47 bits per heavy atom. The van der Waals surface area contributed by atoms with E-state index in [4.69, 9.17) is 18.9 Å². The minimum absolute atomic E-state index is 0.0246. The summed E-state index contributed by atoms with van der Waals surface area (Å²) in [6.07, 6.45) is 1.47. The SMILES string of the molecule is COc1ccc(C2CC(=O)C3=C(C2)NC(C)=C(C(=O)OCCc2ccccc2)C3c2ccccc2OCc2ccccc2)cc1OC. The van der Waals surface area contributed by atoms with Crippen LogP contribution in [0.15, 0.2) is 126 Å². The molecular formula is C40H39NO6. The molecule has 6 rings (SSSR count). The first-order valence-electron chi connectivity index (χ1n) is 15.9. The number of ether oxygens (including phenoxy) is 4. The van der Waals surface area contributed by atoms with Crippen LogP contribution in [0, 0.1) is 0 Å². The first-order valence-corrected chi connectivity index (χ1v) is 15.9.